The van der Waals surface area contributed by atoms with Crippen molar-refractivity contribution in [1.82, 2.24) is 10.3 Å². The quantitative estimate of drug-likeness (QED) is 0.446. The average Bonchev–Trinajstić information content (AvgIpc) is 2.54. The number of nitriles is 1. The molecule has 1 heterocycles. The lowest BCUT2D eigenvalue weighted by molar-refractivity contribution is -0.00335. The predicted molar refractivity (Wildman–Crippen MR) is 75.4 cm³/mol. The van der Waals surface area contributed by atoms with E-state index < -0.39 is 0 Å². The maximum Gasteiger partial charge on any atom is 0.265 e. The number of nitrogen functional groups attached to an aromatic ring is 1. The van der Waals surface area contributed by atoms with Crippen LogP contribution in [0.15, 0.2) is 24.3 Å². The zero-order valence-corrected chi connectivity index (χ0v) is 11.6. The number of morpholine rings is 1. The molecule has 1 aromatic rings. The SMILES string of the molecule is N#CC1CN(CCOc2cccc(C(=O)NN)c2)CCO1. The van der Waals surface area contributed by atoms with E-state index in [-0.39, 0.29) is 12.0 Å². The van der Waals surface area contributed by atoms with Gasteiger partial charge in [-0.15, -0.1) is 0 Å². The van der Waals surface area contributed by atoms with Crippen molar-refractivity contribution in [2.75, 3.05) is 32.8 Å². The molecule has 21 heavy (non-hydrogen) atoms. The van der Waals surface area contributed by atoms with Crippen molar-refractivity contribution in [1.29, 1.82) is 5.26 Å². The first-order chi connectivity index (χ1) is 10.2. The highest BCUT2D eigenvalue weighted by atomic mass is 16.5. The zero-order chi connectivity index (χ0) is 15.1. The Labute approximate surface area is 123 Å². The number of benzene rings is 1. The molecule has 1 aromatic carbocycles. The smallest absolute Gasteiger partial charge is 0.265 e. The van der Waals surface area contributed by atoms with Crippen molar-refractivity contribution < 1.29 is 14.3 Å². The number of hydrogen-bond donors (Lipinski definition) is 2. The predicted octanol–water partition coefficient (Wildman–Crippen LogP) is -0.107. The van der Waals surface area contributed by atoms with Crippen LogP contribution in [0.1, 0.15) is 10.4 Å². The van der Waals surface area contributed by atoms with Gasteiger partial charge in [0.1, 0.15) is 12.4 Å². The summed E-state index contributed by atoms with van der Waals surface area (Å²) in [5.41, 5.74) is 2.53. The van der Waals surface area contributed by atoms with Crippen LogP contribution < -0.4 is 16.0 Å². The van der Waals surface area contributed by atoms with Gasteiger partial charge in [0.25, 0.3) is 5.91 Å². The highest BCUT2D eigenvalue weighted by Gasteiger charge is 2.19. The van der Waals surface area contributed by atoms with E-state index in [0.717, 1.165) is 6.54 Å². The van der Waals surface area contributed by atoms with E-state index in [2.05, 4.69) is 16.4 Å². The summed E-state index contributed by atoms with van der Waals surface area (Å²) in [5, 5.41) is 8.84. The third kappa shape index (κ3) is 4.43. The lowest BCUT2D eigenvalue weighted by Gasteiger charge is -2.29. The van der Waals surface area contributed by atoms with Crippen molar-refractivity contribution in [3.05, 3.63) is 29.8 Å². The van der Waals surface area contributed by atoms with E-state index in [1.54, 1.807) is 24.3 Å². The summed E-state index contributed by atoms with van der Waals surface area (Å²) >= 11 is 0. The van der Waals surface area contributed by atoms with Gasteiger partial charge in [0.2, 0.25) is 0 Å². The summed E-state index contributed by atoms with van der Waals surface area (Å²) in [6, 6.07) is 8.93. The van der Waals surface area contributed by atoms with Gasteiger partial charge in [0.15, 0.2) is 6.10 Å². The van der Waals surface area contributed by atoms with E-state index in [9.17, 15) is 4.79 Å². The van der Waals surface area contributed by atoms with Crippen molar-refractivity contribution in [2.45, 2.75) is 6.10 Å². The van der Waals surface area contributed by atoms with Gasteiger partial charge < -0.3 is 9.47 Å². The van der Waals surface area contributed by atoms with Crippen LogP contribution >= 0.6 is 0 Å². The van der Waals surface area contributed by atoms with Crippen LogP contribution in [0, 0.1) is 11.3 Å². The van der Waals surface area contributed by atoms with Crippen LogP contribution in [-0.2, 0) is 4.74 Å². The number of rotatable bonds is 5. The molecule has 0 spiro atoms. The van der Waals surface area contributed by atoms with Crippen LogP contribution in [0.5, 0.6) is 5.75 Å². The van der Waals surface area contributed by atoms with E-state index in [1.807, 2.05) is 0 Å². The van der Waals surface area contributed by atoms with Crippen LogP contribution in [0.4, 0.5) is 0 Å². The van der Waals surface area contributed by atoms with Crippen LogP contribution in [0.2, 0.25) is 0 Å². The van der Waals surface area contributed by atoms with Gasteiger partial charge in [-0.05, 0) is 18.2 Å². The highest BCUT2D eigenvalue weighted by molar-refractivity contribution is 5.94. The molecular weight excluding hydrogens is 272 g/mol. The molecule has 1 saturated heterocycles. The molecule has 7 heteroatoms. The number of hydrazine groups is 1. The second-order valence-corrected chi connectivity index (χ2v) is 4.64. The fourth-order valence-electron chi connectivity index (χ4n) is 2.09. The van der Waals surface area contributed by atoms with Crippen molar-refractivity contribution in [3.8, 4) is 11.8 Å². The first-order valence-corrected chi connectivity index (χ1v) is 6.70. The van der Waals surface area contributed by atoms with Gasteiger partial charge in [-0.2, -0.15) is 5.26 Å². The van der Waals surface area contributed by atoms with Crippen LogP contribution in [0.25, 0.3) is 0 Å². The van der Waals surface area contributed by atoms with E-state index >= 15 is 0 Å². The Balaban J connectivity index is 1.81. The number of amides is 1. The molecule has 3 N–H and O–H groups in total. The molecule has 1 amide bonds. The third-order valence-electron chi connectivity index (χ3n) is 3.20. The van der Waals surface area contributed by atoms with Crippen molar-refractivity contribution >= 4 is 5.91 Å². The number of nitrogens with one attached hydrogen (secondary N) is 1. The molecule has 1 fully saturated rings. The molecule has 0 aliphatic carbocycles. The monoisotopic (exact) mass is 290 g/mol. The third-order valence-corrected chi connectivity index (χ3v) is 3.20. The van der Waals surface area contributed by atoms with Gasteiger partial charge in [-0.3, -0.25) is 15.1 Å². The summed E-state index contributed by atoms with van der Waals surface area (Å²) in [6.45, 7) is 3.12. The second-order valence-electron chi connectivity index (χ2n) is 4.64. The minimum absolute atomic E-state index is 0.356. The summed E-state index contributed by atoms with van der Waals surface area (Å²) in [6.07, 6.45) is -0.365. The lowest BCUT2D eigenvalue weighted by atomic mass is 10.2. The number of carbonyl (C=O) groups excluding carboxylic acids is 1. The largest absolute Gasteiger partial charge is 0.492 e. The molecule has 0 radical (unpaired) electrons. The second kappa shape index (κ2) is 7.59. The molecule has 0 bridgehead atoms. The molecule has 1 aliphatic heterocycles. The van der Waals surface area contributed by atoms with Gasteiger partial charge in [-0.25, -0.2) is 5.84 Å². The van der Waals surface area contributed by atoms with Gasteiger partial charge in [-0.1, -0.05) is 6.07 Å². The molecule has 1 unspecified atom stereocenters. The molecule has 0 saturated carbocycles. The van der Waals surface area contributed by atoms with E-state index in [4.69, 9.17) is 20.6 Å². The first kappa shape index (κ1) is 15.3. The van der Waals surface area contributed by atoms with Gasteiger partial charge in [0.05, 0.1) is 12.7 Å². The summed E-state index contributed by atoms with van der Waals surface area (Å²) in [5.74, 6) is 5.35. The molecule has 1 atom stereocenters. The average molecular weight is 290 g/mol. The highest BCUT2D eigenvalue weighted by Crippen LogP contribution is 2.13. The van der Waals surface area contributed by atoms with Crippen LogP contribution in [0.3, 0.4) is 0 Å². The summed E-state index contributed by atoms with van der Waals surface area (Å²) < 4.78 is 10.9. The lowest BCUT2D eigenvalue weighted by Crippen LogP contribution is -2.43. The zero-order valence-electron chi connectivity index (χ0n) is 11.6. The first-order valence-electron chi connectivity index (χ1n) is 6.70. The Bertz CT molecular complexity index is 529. The van der Waals surface area contributed by atoms with Crippen molar-refractivity contribution in [2.24, 2.45) is 5.84 Å². The summed E-state index contributed by atoms with van der Waals surface area (Å²) in [4.78, 5) is 13.5. The number of ether oxygens (including phenoxy) is 2. The molecule has 2 rings (SSSR count). The standard InChI is InChI=1S/C14H18N4O3/c15-9-13-10-18(5-7-21-13)4-6-20-12-3-1-2-11(8-12)14(19)17-16/h1-3,8,13H,4-7,10,16H2,(H,17,19). The van der Waals surface area contributed by atoms with E-state index in [1.165, 1.54) is 0 Å². The Hall–Kier alpha value is -2.14. The molecule has 0 aromatic heterocycles. The minimum Gasteiger partial charge on any atom is -0.492 e. The maximum absolute atomic E-state index is 11.4. The fourth-order valence-corrected chi connectivity index (χ4v) is 2.09. The number of nitrogens with zero attached hydrogens (tertiary/aromatic N) is 2. The Morgan fingerprint density at radius 1 is 1.62 bits per heavy atom. The maximum atomic E-state index is 11.4. The number of hydrogen-bond acceptors (Lipinski definition) is 6. The minimum atomic E-state index is -0.365. The van der Waals surface area contributed by atoms with Gasteiger partial charge in [0, 0.05) is 25.2 Å². The normalized spacial score (nSPS) is 18.8. The molecule has 112 valence electrons. The Morgan fingerprint density at radius 3 is 3.24 bits per heavy atom. The Kier molecular flexibility index (Phi) is 5.51. The molecule has 1 aliphatic rings. The van der Waals surface area contributed by atoms with Crippen LogP contribution in [-0.4, -0.2) is 49.8 Å². The molecule has 7 nitrogen and oxygen atoms in total. The van der Waals surface area contributed by atoms with Crippen molar-refractivity contribution in [3.63, 3.8) is 0 Å². The number of carbonyl (C=O) groups is 1. The summed E-state index contributed by atoms with van der Waals surface area (Å²) in [7, 11) is 0. The topological polar surface area (TPSA) is 101 Å². The fraction of sp³-hybridized carbons (Fsp3) is 0.429. The molecular formula is C14H18N4O3. The number of nitrogens with two attached hydrogens (primary N) is 1. The van der Waals surface area contributed by atoms with E-state index in [0.29, 0.717) is 37.6 Å². The van der Waals surface area contributed by atoms with Gasteiger partial charge >= 0.3 is 0 Å². The Morgan fingerprint density at radius 2 is 2.48 bits per heavy atom.